The van der Waals surface area contributed by atoms with Crippen molar-refractivity contribution in [2.24, 2.45) is 5.92 Å². The molecule has 1 aliphatic rings. The topological polar surface area (TPSA) is 63.1 Å². The first-order chi connectivity index (χ1) is 9.89. The lowest BCUT2D eigenvalue weighted by Gasteiger charge is -2.12. The van der Waals surface area contributed by atoms with Crippen molar-refractivity contribution in [3.63, 3.8) is 0 Å². The molecule has 21 heavy (non-hydrogen) atoms. The molecule has 0 amide bonds. The lowest BCUT2D eigenvalue weighted by atomic mass is 10.3. The van der Waals surface area contributed by atoms with E-state index in [0.717, 1.165) is 25.1 Å². The van der Waals surface area contributed by atoms with Gasteiger partial charge in [0.2, 0.25) is 10.0 Å². The van der Waals surface area contributed by atoms with Crippen LogP contribution in [0.5, 0.6) is 0 Å². The van der Waals surface area contributed by atoms with Crippen LogP contribution in [0.2, 0.25) is 0 Å². The van der Waals surface area contributed by atoms with Crippen molar-refractivity contribution in [1.29, 1.82) is 0 Å². The Morgan fingerprint density at radius 1 is 1.38 bits per heavy atom. The summed E-state index contributed by atoms with van der Waals surface area (Å²) in [4.78, 5) is 0.380. The third-order valence-corrected chi connectivity index (χ3v) is 5.54. The van der Waals surface area contributed by atoms with Gasteiger partial charge in [-0.1, -0.05) is 20.3 Å². The largest absolute Gasteiger partial charge is 0.346 e. The molecule has 6 heteroatoms. The van der Waals surface area contributed by atoms with E-state index in [1.165, 1.54) is 0 Å². The monoisotopic (exact) mass is 313 g/mol. The van der Waals surface area contributed by atoms with E-state index in [9.17, 15) is 8.42 Å². The summed E-state index contributed by atoms with van der Waals surface area (Å²) in [5, 5.41) is 3.26. The molecular weight excluding hydrogens is 286 g/mol. The molecule has 0 aromatic carbocycles. The fourth-order valence-corrected chi connectivity index (χ4v) is 4.00. The Balaban J connectivity index is 2.18. The van der Waals surface area contributed by atoms with Gasteiger partial charge in [-0.2, -0.15) is 0 Å². The number of nitrogens with one attached hydrogen (secondary N) is 2. The highest BCUT2D eigenvalue weighted by Gasteiger charge is 2.39. The van der Waals surface area contributed by atoms with Crippen molar-refractivity contribution < 1.29 is 8.42 Å². The standard InChI is InChI=1S/C15H27N3O2S/c1-5-12-7-15(12)17-21(19,20)14-8-13(9-16-6-2)18(10-14)11(3)4/h8,10-12,15-17H,5-7,9H2,1-4H3. The quantitative estimate of drug-likeness (QED) is 0.774. The minimum absolute atomic E-state index is 0.125. The molecule has 0 aliphatic heterocycles. The average Bonchev–Trinajstić information content (AvgIpc) is 3.00. The highest BCUT2D eigenvalue weighted by atomic mass is 32.2. The molecule has 0 spiro atoms. The smallest absolute Gasteiger partial charge is 0.242 e. The molecule has 2 rings (SSSR count). The number of nitrogens with zero attached hydrogens (tertiary/aromatic N) is 1. The van der Waals surface area contributed by atoms with Crippen LogP contribution < -0.4 is 10.0 Å². The molecule has 0 saturated heterocycles. The van der Waals surface area contributed by atoms with Crippen LogP contribution in [0.4, 0.5) is 0 Å². The van der Waals surface area contributed by atoms with E-state index in [-0.39, 0.29) is 12.1 Å². The molecule has 0 bridgehead atoms. The van der Waals surface area contributed by atoms with Gasteiger partial charge in [0.1, 0.15) is 0 Å². The SMILES string of the molecule is CCNCc1cc(S(=O)(=O)NC2CC2CC)cn1C(C)C. The predicted molar refractivity (Wildman–Crippen MR) is 84.7 cm³/mol. The van der Waals surface area contributed by atoms with Gasteiger partial charge in [-0.15, -0.1) is 0 Å². The zero-order chi connectivity index (χ0) is 15.6. The van der Waals surface area contributed by atoms with Gasteiger partial charge in [0.15, 0.2) is 0 Å². The van der Waals surface area contributed by atoms with Crippen LogP contribution in [0.15, 0.2) is 17.2 Å². The van der Waals surface area contributed by atoms with Gasteiger partial charge in [0.25, 0.3) is 0 Å². The summed E-state index contributed by atoms with van der Waals surface area (Å²) in [6.45, 7) is 9.82. The van der Waals surface area contributed by atoms with Gasteiger partial charge in [-0.3, -0.25) is 0 Å². The van der Waals surface area contributed by atoms with Crippen LogP contribution in [-0.2, 0) is 16.6 Å². The first-order valence-electron chi connectivity index (χ1n) is 7.82. The third kappa shape index (κ3) is 3.87. The third-order valence-electron chi connectivity index (χ3n) is 4.08. The molecule has 0 radical (unpaired) electrons. The number of sulfonamides is 1. The molecule has 1 heterocycles. The van der Waals surface area contributed by atoms with Crippen LogP contribution in [0, 0.1) is 5.92 Å². The van der Waals surface area contributed by atoms with Crippen molar-refractivity contribution >= 4 is 10.0 Å². The van der Waals surface area contributed by atoms with Crippen LogP contribution in [0.25, 0.3) is 0 Å². The molecule has 120 valence electrons. The molecule has 2 unspecified atom stereocenters. The van der Waals surface area contributed by atoms with Gasteiger partial charge >= 0.3 is 0 Å². The number of rotatable bonds is 8. The fraction of sp³-hybridized carbons (Fsp3) is 0.733. The lowest BCUT2D eigenvalue weighted by Crippen LogP contribution is -2.26. The van der Waals surface area contributed by atoms with E-state index in [0.29, 0.717) is 17.4 Å². The van der Waals surface area contributed by atoms with E-state index in [1.807, 2.05) is 11.5 Å². The van der Waals surface area contributed by atoms with Crippen LogP contribution in [0.3, 0.4) is 0 Å². The summed E-state index contributed by atoms with van der Waals surface area (Å²) in [5.41, 5.74) is 1.01. The molecule has 1 fully saturated rings. The van der Waals surface area contributed by atoms with Crippen LogP contribution in [-0.4, -0.2) is 25.6 Å². The molecule has 1 aromatic heterocycles. The Morgan fingerprint density at radius 2 is 2.10 bits per heavy atom. The van der Waals surface area contributed by atoms with E-state index < -0.39 is 10.0 Å². The summed E-state index contributed by atoms with van der Waals surface area (Å²) >= 11 is 0. The summed E-state index contributed by atoms with van der Waals surface area (Å²) in [6, 6.07) is 2.15. The Labute approximate surface area is 128 Å². The normalized spacial score (nSPS) is 22.0. The zero-order valence-corrected chi connectivity index (χ0v) is 14.2. The number of aromatic nitrogens is 1. The summed E-state index contributed by atoms with van der Waals surface area (Å²) in [7, 11) is -3.40. The highest BCUT2D eigenvalue weighted by molar-refractivity contribution is 7.89. The average molecular weight is 313 g/mol. The van der Waals surface area contributed by atoms with E-state index in [2.05, 4.69) is 30.8 Å². The maximum absolute atomic E-state index is 12.5. The zero-order valence-electron chi connectivity index (χ0n) is 13.4. The Bertz CT molecular complexity index is 578. The minimum atomic E-state index is -3.40. The van der Waals surface area contributed by atoms with E-state index in [1.54, 1.807) is 12.3 Å². The summed E-state index contributed by atoms with van der Waals surface area (Å²) in [5.74, 6) is 0.508. The minimum Gasteiger partial charge on any atom is -0.346 e. The second-order valence-corrected chi connectivity index (χ2v) is 7.79. The fourth-order valence-electron chi connectivity index (χ4n) is 2.63. The molecule has 2 atom stereocenters. The summed E-state index contributed by atoms with van der Waals surface area (Å²) in [6.07, 6.45) is 3.75. The molecule has 1 aliphatic carbocycles. The van der Waals surface area contributed by atoms with Crippen molar-refractivity contribution in [1.82, 2.24) is 14.6 Å². The van der Waals surface area contributed by atoms with Gasteiger partial charge in [0.05, 0.1) is 4.90 Å². The highest BCUT2D eigenvalue weighted by Crippen LogP contribution is 2.34. The summed E-state index contributed by atoms with van der Waals surface area (Å²) < 4.78 is 29.8. The van der Waals surface area contributed by atoms with Gasteiger partial charge in [-0.05, 0) is 38.8 Å². The first-order valence-corrected chi connectivity index (χ1v) is 9.31. The van der Waals surface area contributed by atoms with Crippen molar-refractivity contribution in [3.05, 3.63) is 18.0 Å². The number of hydrogen-bond donors (Lipinski definition) is 2. The van der Waals surface area contributed by atoms with Gasteiger partial charge < -0.3 is 9.88 Å². The Kier molecular flexibility index (Phi) is 5.11. The Morgan fingerprint density at radius 3 is 2.62 bits per heavy atom. The second-order valence-electron chi connectivity index (χ2n) is 6.08. The maximum atomic E-state index is 12.5. The van der Waals surface area contributed by atoms with E-state index >= 15 is 0 Å². The van der Waals surface area contributed by atoms with Crippen molar-refractivity contribution in [2.45, 2.75) is 64.1 Å². The molecule has 2 N–H and O–H groups in total. The molecule has 1 aromatic rings. The van der Waals surface area contributed by atoms with E-state index in [4.69, 9.17) is 0 Å². The Hall–Kier alpha value is -0.850. The van der Waals surface area contributed by atoms with Crippen LogP contribution in [0.1, 0.15) is 52.3 Å². The molecule has 1 saturated carbocycles. The first kappa shape index (κ1) is 16.5. The van der Waals surface area contributed by atoms with Gasteiger partial charge in [-0.25, -0.2) is 13.1 Å². The number of hydrogen-bond acceptors (Lipinski definition) is 3. The van der Waals surface area contributed by atoms with Crippen LogP contribution >= 0.6 is 0 Å². The van der Waals surface area contributed by atoms with Crippen molar-refractivity contribution in [3.8, 4) is 0 Å². The second kappa shape index (κ2) is 6.50. The van der Waals surface area contributed by atoms with Gasteiger partial charge in [0, 0.05) is 30.5 Å². The predicted octanol–water partition coefficient (Wildman–Crippen LogP) is 2.26. The molecular formula is C15H27N3O2S. The lowest BCUT2D eigenvalue weighted by molar-refractivity contribution is 0.554. The van der Waals surface area contributed by atoms with Crippen molar-refractivity contribution in [2.75, 3.05) is 6.54 Å². The maximum Gasteiger partial charge on any atom is 0.242 e. The molecule has 5 nitrogen and oxygen atoms in total.